The third-order valence-electron chi connectivity index (χ3n) is 3.72. The Hall–Kier alpha value is -1.86. The Kier molecular flexibility index (Phi) is 6.90. The van der Waals surface area contributed by atoms with Gasteiger partial charge in [-0.2, -0.15) is 4.99 Å². The van der Waals surface area contributed by atoms with E-state index >= 15 is 0 Å². The van der Waals surface area contributed by atoms with E-state index in [0.29, 0.717) is 40.4 Å². The van der Waals surface area contributed by atoms with Crippen LogP contribution >= 0.6 is 34.5 Å². The number of thiazole rings is 1. The molecule has 0 radical (unpaired) electrons. The molecular formula is C19H18Cl2N2O3S. The van der Waals surface area contributed by atoms with E-state index in [0.717, 1.165) is 10.2 Å². The summed E-state index contributed by atoms with van der Waals surface area (Å²) < 4.78 is 13.7. The quantitative estimate of drug-likeness (QED) is 0.522. The highest BCUT2D eigenvalue weighted by molar-refractivity contribution is 7.16. The van der Waals surface area contributed by atoms with Gasteiger partial charge in [-0.15, -0.1) is 0 Å². The summed E-state index contributed by atoms with van der Waals surface area (Å²) in [5, 5.41) is 0.897. The lowest BCUT2D eigenvalue weighted by atomic mass is 10.3. The molecule has 142 valence electrons. The minimum absolute atomic E-state index is 0.141. The van der Waals surface area contributed by atoms with Gasteiger partial charge in [0.1, 0.15) is 5.75 Å². The summed E-state index contributed by atoms with van der Waals surface area (Å²) in [5.41, 5.74) is 0.754. The molecule has 3 rings (SSSR count). The van der Waals surface area contributed by atoms with Crippen molar-refractivity contribution in [2.75, 3.05) is 19.8 Å². The average molecular weight is 425 g/mol. The Bertz CT molecular complexity index is 999. The van der Waals surface area contributed by atoms with Crippen LogP contribution in [-0.4, -0.2) is 30.3 Å². The third kappa shape index (κ3) is 4.90. The predicted molar refractivity (Wildman–Crippen MR) is 109 cm³/mol. The van der Waals surface area contributed by atoms with Gasteiger partial charge in [0.05, 0.1) is 26.9 Å². The molecule has 0 fully saturated rings. The Morgan fingerprint density at radius 3 is 2.70 bits per heavy atom. The molecule has 0 aliphatic rings. The number of halogens is 2. The molecule has 1 heterocycles. The number of aromatic nitrogens is 1. The zero-order chi connectivity index (χ0) is 19.2. The van der Waals surface area contributed by atoms with E-state index < -0.39 is 0 Å². The van der Waals surface area contributed by atoms with E-state index in [-0.39, 0.29) is 12.5 Å². The highest BCUT2D eigenvalue weighted by Crippen LogP contribution is 2.32. The number of fused-ring (bicyclic) bond motifs is 1. The summed E-state index contributed by atoms with van der Waals surface area (Å²) in [4.78, 5) is 17.1. The molecule has 8 heteroatoms. The highest BCUT2D eigenvalue weighted by atomic mass is 35.5. The maximum Gasteiger partial charge on any atom is 0.286 e. The number of carbonyl (C=O) groups is 1. The molecule has 0 saturated carbocycles. The van der Waals surface area contributed by atoms with Crippen LogP contribution in [0.15, 0.2) is 47.5 Å². The number of hydrogen-bond acceptors (Lipinski definition) is 4. The normalized spacial score (nSPS) is 11.9. The van der Waals surface area contributed by atoms with Gasteiger partial charge < -0.3 is 14.0 Å². The van der Waals surface area contributed by atoms with Gasteiger partial charge in [-0.25, -0.2) is 0 Å². The van der Waals surface area contributed by atoms with Crippen LogP contribution in [-0.2, 0) is 16.1 Å². The van der Waals surface area contributed by atoms with Crippen LogP contribution < -0.4 is 9.54 Å². The van der Waals surface area contributed by atoms with Gasteiger partial charge in [0.25, 0.3) is 5.91 Å². The minimum Gasteiger partial charge on any atom is -0.484 e. The molecule has 3 aromatic rings. The van der Waals surface area contributed by atoms with Gasteiger partial charge >= 0.3 is 0 Å². The van der Waals surface area contributed by atoms with Crippen molar-refractivity contribution in [2.24, 2.45) is 4.99 Å². The zero-order valence-corrected chi connectivity index (χ0v) is 17.0. The van der Waals surface area contributed by atoms with Crippen LogP contribution in [0, 0.1) is 0 Å². The molecule has 0 saturated heterocycles. The van der Waals surface area contributed by atoms with Crippen LogP contribution in [0.1, 0.15) is 6.92 Å². The fraction of sp³-hybridized carbons (Fsp3) is 0.263. The zero-order valence-electron chi connectivity index (χ0n) is 14.7. The van der Waals surface area contributed by atoms with E-state index in [9.17, 15) is 4.79 Å². The number of hydrogen-bond donors (Lipinski definition) is 0. The monoisotopic (exact) mass is 424 g/mol. The lowest BCUT2D eigenvalue weighted by molar-refractivity contribution is -0.120. The number of nitrogens with zero attached hydrogens (tertiary/aromatic N) is 2. The standard InChI is InChI=1S/C19H18Cl2N2O3S/c1-2-25-11-10-23-18-15(9-8-14(20)17(18)21)27-19(23)22-16(24)12-26-13-6-4-3-5-7-13/h3-9H,2,10-12H2,1H3. The first-order valence-electron chi connectivity index (χ1n) is 8.40. The molecular weight excluding hydrogens is 407 g/mol. The van der Waals surface area contributed by atoms with Gasteiger partial charge in [-0.1, -0.05) is 52.7 Å². The maximum absolute atomic E-state index is 12.3. The summed E-state index contributed by atoms with van der Waals surface area (Å²) in [7, 11) is 0. The Balaban J connectivity index is 1.91. The molecule has 0 atom stereocenters. The Labute approximate surface area is 170 Å². The molecule has 0 unspecified atom stereocenters. The topological polar surface area (TPSA) is 52.8 Å². The summed E-state index contributed by atoms with van der Waals surface area (Å²) in [6.07, 6.45) is 0. The van der Waals surface area contributed by atoms with Crippen molar-refractivity contribution in [3.05, 3.63) is 57.3 Å². The minimum atomic E-state index is -0.377. The summed E-state index contributed by atoms with van der Waals surface area (Å²) >= 11 is 13.9. The van der Waals surface area contributed by atoms with Gasteiger partial charge in [0.2, 0.25) is 0 Å². The lowest BCUT2D eigenvalue weighted by Gasteiger charge is -2.07. The van der Waals surface area contributed by atoms with Crippen molar-refractivity contribution in [3.63, 3.8) is 0 Å². The molecule has 1 amide bonds. The second-order valence-electron chi connectivity index (χ2n) is 5.55. The van der Waals surface area contributed by atoms with Crippen LogP contribution in [0.2, 0.25) is 10.0 Å². The molecule has 2 aromatic carbocycles. The van der Waals surface area contributed by atoms with Gasteiger partial charge in [-0.05, 0) is 31.2 Å². The number of amides is 1. The van der Waals surface area contributed by atoms with E-state index in [2.05, 4.69) is 4.99 Å². The molecule has 27 heavy (non-hydrogen) atoms. The van der Waals surface area contributed by atoms with Gasteiger partial charge in [0, 0.05) is 13.2 Å². The molecule has 0 bridgehead atoms. The first-order chi connectivity index (χ1) is 13.1. The first-order valence-corrected chi connectivity index (χ1v) is 9.98. The predicted octanol–water partition coefficient (Wildman–Crippen LogP) is 4.55. The van der Waals surface area contributed by atoms with Gasteiger partial charge in [-0.3, -0.25) is 4.79 Å². The Morgan fingerprint density at radius 2 is 1.96 bits per heavy atom. The molecule has 1 aromatic heterocycles. The van der Waals surface area contributed by atoms with Crippen molar-refractivity contribution in [3.8, 4) is 5.75 Å². The number of rotatable bonds is 7. The summed E-state index contributed by atoms with van der Waals surface area (Å²) in [6.45, 7) is 3.38. The van der Waals surface area contributed by atoms with E-state index in [1.54, 1.807) is 18.2 Å². The SMILES string of the molecule is CCOCCn1c(=NC(=O)COc2ccccc2)sc2ccc(Cl)c(Cl)c21. The maximum atomic E-state index is 12.3. The molecule has 0 N–H and O–H groups in total. The number of para-hydroxylation sites is 1. The van der Waals surface area contributed by atoms with Crippen molar-refractivity contribution < 1.29 is 14.3 Å². The molecule has 5 nitrogen and oxygen atoms in total. The molecule has 0 aliphatic heterocycles. The smallest absolute Gasteiger partial charge is 0.286 e. The lowest BCUT2D eigenvalue weighted by Crippen LogP contribution is -2.21. The summed E-state index contributed by atoms with van der Waals surface area (Å²) in [6, 6.07) is 12.8. The largest absolute Gasteiger partial charge is 0.484 e. The third-order valence-corrected chi connectivity index (χ3v) is 5.56. The van der Waals surface area contributed by atoms with Crippen molar-refractivity contribution >= 4 is 50.7 Å². The second-order valence-corrected chi connectivity index (χ2v) is 7.34. The number of carbonyl (C=O) groups excluding carboxylic acids is 1. The Morgan fingerprint density at radius 1 is 1.19 bits per heavy atom. The number of benzene rings is 2. The summed E-state index contributed by atoms with van der Waals surface area (Å²) in [5.74, 6) is 0.245. The van der Waals surface area contributed by atoms with Crippen molar-refractivity contribution in [1.29, 1.82) is 0 Å². The second kappa shape index (κ2) is 9.37. The molecule has 0 aliphatic carbocycles. The average Bonchev–Trinajstić information content (AvgIpc) is 3.02. The fourth-order valence-electron chi connectivity index (χ4n) is 2.50. The molecule has 0 spiro atoms. The van der Waals surface area contributed by atoms with E-state index in [1.807, 2.05) is 35.8 Å². The van der Waals surface area contributed by atoms with Crippen LogP contribution in [0.4, 0.5) is 0 Å². The highest BCUT2D eigenvalue weighted by Gasteiger charge is 2.13. The van der Waals surface area contributed by atoms with Gasteiger partial charge in [0.15, 0.2) is 11.4 Å². The van der Waals surface area contributed by atoms with Crippen LogP contribution in [0.25, 0.3) is 10.2 Å². The fourth-order valence-corrected chi connectivity index (χ4v) is 4.05. The van der Waals surface area contributed by atoms with E-state index in [4.69, 9.17) is 32.7 Å². The van der Waals surface area contributed by atoms with Crippen LogP contribution in [0.3, 0.4) is 0 Å². The van der Waals surface area contributed by atoms with Crippen LogP contribution in [0.5, 0.6) is 5.75 Å². The first kappa shape index (κ1) is 19.9. The van der Waals surface area contributed by atoms with E-state index in [1.165, 1.54) is 11.3 Å². The van der Waals surface area contributed by atoms with Crippen molar-refractivity contribution in [2.45, 2.75) is 13.5 Å². The number of ether oxygens (including phenoxy) is 2. The van der Waals surface area contributed by atoms with Crippen molar-refractivity contribution in [1.82, 2.24) is 4.57 Å².